The Hall–Kier alpha value is -1.14. The van der Waals surface area contributed by atoms with Gasteiger partial charge in [0.1, 0.15) is 6.61 Å². The predicted octanol–water partition coefficient (Wildman–Crippen LogP) is 1.14. The smallest absolute Gasteiger partial charge is 0.306 e. The summed E-state index contributed by atoms with van der Waals surface area (Å²) < 4.78 is 10.6. The lowest BCUT2D eigenvalue weighted by atomic mass is 9.97. The molecule has 0 aromatic rings. The predicted molar refractivity (Wildman–Crippen MR) is 73.5 cm³/mol. The van der Waals surface area contributed by atoms with Crippen LogP contribution >= 0.6 is 0 Å². The fraction of sp³-hybridized carbons (Fsp3) is 0.857. The highest BCUT2D eigenvalue weighted by Gasteiger charge is 2.26. The van der Waals surface area contributed by atoms with Crippen molar-refractivity contribution < 1.29 is 24.2 Å². The van der Waals surface area contributed by atoms with Gasteiger partial charge in [0.2, 0.25) is 5.91 Å². The van der Waals surface area contributed by atoms with Crippen LogP contribution in [0.1, 0.15) is 33.1 Å². The van der Waals surface area contributed by atoms with Crippen LogP contribution in [-0.2, 0) is 19.1 Å². The van der Waals surface area contributed by atoms with Crippen molar-refractivity contribution in [1.82, 2.24) is 4.90 Å². The van der Waals surface area contributed by atoms with E-state index in [1.54, 1.807) is 12.0 Å². The van der Waals surface area contributed by atoms with Gasteiger partial charge >= 0.3 is 5.97 Å². The summed E-state index contributed by atoms with van der Waals surface area (Å²) in [5.41, 5.74) is -0.247. The monoisotopic (exact) mass is 287 g/mol. The zero-order chi connectivity index (χ0) is 15.2. The molecule has 1 fully saturated rings. The van der Waals surface area contributed by atoms with E-state index >= 15 is 0 Å². The zero-order valence-corrected chi connectivity index (χ0v) is 12.6. The van der Waals surface area contributed by atoms with E-state index in [-0.39, 0.29) is 24.0 Å². The molecule has 1 rings (SSSR count). The van der Waals surface area contributed by atoms with Crippen LogP contribution in [0.5, 0.6) is 0 Å². The van der Waals surface area contributed by atoms with E-state index in [0.717, 1.165) is 6.42 Å². The van der Waals surface area contributed by atoms with Crippen LogP contribution in [0.25, 0.3) is 0 Å². The van der Waals surface area contributed by atoms with Crippen molar-refractivity contribution >= 4 is 11.9 Å². The number of amides is 1. The summed E-state index contributed by atoms with van der Waals surface area (Å²) in [6, 6.07) is 0. The lowest BCUT2D eigenvalue weighted by molar-refractivity contribution is -0.147. The minimum atomic E-state index is -0.768. The molecule has 6 heteroatoms. The number of hydrogen-bond donors (Lipinski definition) is 1. The van der Waals surface area contributed by atoms with Crippen molar-refractivity contribution in [2.45, 2.75) is 38.7 Å². The number of carbonyl (C=O) groups excluding carboxylic acids is 1. The first kappa shape index (κ1) is 16.9. The van der Waals surface area contributed by atoms with Gasteiger partial charge in [0, 0.05) is 26.8 Å². The number of nitrogens with zero attached hydrogens (tertiary/aromatic N) is 1. The summed E-state index contributed by atoms with van der Waals surface area (Å²) in [5.74, 6) is -1.15. The molecule has 0 unspecified atom stereocenters. The van der Waals surface area contributed by atoms with Gasteiger partial charge in [-0.1, -0.05) is 0 Å². The van der Waals surface area contributed by atoms with E-state index < -0.39 is 5.97 Å². The van der Waals surface area contributed by atoms with Gasteiger partial charge in [-0.2, -0.15) is 0 Å². The molecule has 0 radical (unpaired) electrons. The molecule has 1 saturated heterocycles. The number of ether oxygens (including phenoxy) is 2. The van der Waals surface area contributed by atoms with Gasteiger partial charge in [0.05, 0.1) is 11.5 Å². The molecule has 0 saturated carbocycles. The normalized spacial score (nSPS) is 17.2. The van der Waals surface area contributed by atoms with E-state index in [9.17, 15) is 9.59 Å². The number of piperidine rings is 1. The molecule has 1 aliphatic rings. The zero-order valence-electron chi connectivity index (χ0n) is 12.6. The molecular weight excluding hydrogens is 262 g/mol. The van der Waals surface area contributed by atoms with Gasteiger partial charge in [0.15, 0.2) is 0 Å². The SMILES string of the molecule is COC(C)(C)CCOCC(=O)N1CCC(C(=O)O)CC1. The van der Waals surface area contributed by atoms with Gasteiger partial charge in [-0.05, 0) is 33.1 Å². The van der Waals surface area contributed by atoms with Crippen molar-refractivity contribution in [2.75, 3.05) is 33.4 Å². The van der Waals surface area contributed by atoms with Crippen LogP contribution in [0.4, 0.5) is 0 Å². The second-order valence-corrected chi connectivity index (χ2v) is 5.76. The average Bonchev–Trinajstić information content (AvgIpc) is 2.43. The third-order valence-electron chi connectivity index (χ3n) is 3.82. The van der Waals surface area contributed by atoms with Crippen molar-refractivity contribution in [2.24, 2.45) is 5.92 Å². The Bertz CT molecular complexity index is 334. The summed E-state index contributed by atoms with van der Waals surface area (Å²) in [7, 11) is 1.65. The second kappa shape index (κ2) is 7.59. The number of carboxylic acid groups (broad SMARTS) is 1. The van der Waals surface area contributed by atoms with Gasteiger partial charge in [-0.25, -0.2) is 0 Å². The number of carbonyl (C=O) groups is 2. The Morgan fingerprint density at radius 2 is 1.90 bits per heavy atom. The number of methoxy groups -OCH3 is 1. The minimum absolute atomic E-state index is 0.0531. The maximum absolute atomic E-state index is 11.9. The van der Waals surface area contributed by atoms with Crippen molar-refractivity contribution in [3.63, 3.8) is 0 Å². The Labute approximate surface area is 120 Å². The van der Waals surface area contributed by atoms with Crippen LogP contribution in [0, 0.1) is 5.92 Å². The van der Waals surface area contributed by atoms with Crippen LogP contribution in [0.3, 0.4) is 0 Å². The fourth-order valence-corrected chi connectivity index (χ4v) is 2.05. The molecule has 1 amide bonds. The molecule has 0 bridgehead atoms. The third kappa shape index (κ3) is 5.46. The molecular formula is C14H25NO5. The largest absolute Gasteiger partial charge is 0.481 e. The highest BCUT2D eigenvalue weighted by molar-refractivity contribution is 5.78. The minimum Gasteiger partial charge on any atom is -0.481 e. The number of carboxylic acids is 1. The summed E-state index contributed by atoms with van der Waals surface area (Å²) in [5, 5.41) is 8.90. The van der Waals surface area contributed by atoms with Gasteiger partial charge < -0.3 is 19.5 Å². The maximum Gasteiger partial charge on any atom is 0.306 e. The molecule has 0 aromatic heterocycles. The lowest BCUT2D eigenvalue weighted by Gasteiger charge is -2.30. The molecule has 0 spiro atoms. The van der Waals surface area contributed by atoms with E-state index in [0.29, 0.717) is 32.5 Å². The summed E-state index contributed by atoms with van der Waals surface area (Å²) >= 11 is 0. The van der Waals surface area contributed by atoms with Crippen molar-refractivity contribution in [1.29, 1.82) is 0 Å². The topological polar surface area (TPSA) is 76.1 Å². The Morgan fingerprint density at radius 3 is 2.40 bits per heavy atom. The number of hydrogen-bond acceptors (Lipinski definition) is 4. The van der Waals surface area contributed by atoms with Gasteiger partial charge in [0.25, 0.3) is 0 Å². The highest BCUT2D eigenvalue weighted by Crippen LogP contribution is 2.17. The quantitative estimate of drug-likeness (QED) is 0.711. The molecule has 1 aliphatic heterocycles. The number of likely N-dealkylation sites (tertiary alicyclic amines) is 1. The molecule has 0 aliphatic carbocycles. The Kier molecular flexibility index (Phi) is 6.42. The first-order chi connectivity index (χ1) is 9.35. The molecule has 1 N–H and O–H groups in total. The van der Waals surface area contributed by atoms with Crippen molar-refractivity contribution in [3.8, 4) is 0 Å². The van der Waals surface area contributed by atoms with E-state index in [4.69, 9.17) is 14.6 Å². The molecule has 1 heterocycles. The molecule has 0 atom stereocenters. The third-order valence-corrected chi connectivity index (χ3v) is 3.82. The van der Waals surface area contributed by atoms with Crippen LogP contribution < -0.4 is 0 Å². The van der Waals surface area contributed by atoms with Crippen molar-refractivity contribution in [3.05, 3.63) is 0 Å². The molecule has 116 valence electrons. The second-order valence-electron chi connectivity index (χ2n) is 5.76. The van der Waals surface area contributed by atoms with Crippen LogP contribution in [-0.4, -0.2) is 60.9 Å². The Morgan fingerprint density at radius 1 is 1.30 bits per heavy atom. The van der Waals surface area contributed by atoms with Gasteiger partial charge in [-0.3, -0.25) is 9.59 Å². The first-order valence-corrected chi connectivity index (χ1v) is 6.99. The standard InChI is InChI=1S/C14H25NO5/c1-14(2,19-3)6-9-20-10-12(16)15-7-4-11(5-8-15)13(17)18/h11H,4-10H2,1-3H3,(H,17,18). The summed E-state index contributed by atoms with van der Waals surface area (Å²) in [6.07, 6.45) is 1.77. The van der Waals surface area contributed by atoms with Crippen LogP contribution in [0.15, 0.2) is 0 Å². The molecule has 20 heavy (non-hydrogen) atoms. The lowest BCUT2D eigenvalue weighted by Crippen LogP contribution is -2.42. The molecule has 6 nitrogen and oxygen atoms in total. The summed E-state index contributed by atoms with van der Waals surface area (Å²) in [4.78, 5) is 24.4. The fourth-order valence-electron chi connectivity index (χ4n) is 2.05. The highest BCUT2D eigenvalue weighted by atomic mass is 16.5. The number of rotatable bonds is 7. The van der Waals surface area contributed by atoms with Gasteiger partial charge in [-0.15, -0.1) is 0 Å². The summed E-state index contributed by atoms with van der Waals surface area (Å²) in [6.45, 7) is 5.46. The maximum atomic E-state index is 11.9. The van der Waals surface area contributed by atoms with Crippen LogP contribution in [0.2, 0.25) is 0 Å². The number of aliphatic carboxylic acids is 1. The van der Waals surface area contributed by atoms with E-state index in [2.05, 4.69) is 0 Å². The van der Waals surface area contributed by atoms with E-state index in [1.165, 1.54) is 0 Å². The Balaban J connectivity index is 2.19. The van der Waals surface area contributed by atoms with E-state index in [1.807, 2.05) is 13.8 Å². The first-order valence-electron chi connectivity index (χ1n) is 6.99. The molecule has 0 aromatic carbocycles. The average molecular weight is 287 g/mol.